The normalized spacial score (nSPS) is 34.8. The molecule has 0 saturated heterocycles. The van der Waals surface area contributed by atoms with Crippen LogP contribution in [0.3, 0.4) is 0 Å². The summed E-state index contributed by atoms with van der Waals surface area (Å²) in [6.45, 7) is 13.6. The zero-order valence-electron chi connectivity index (χ0n) is 16.6. The molecule has 1 N–H and O–H groups in total. The van der Waals surface area contributed by atoms with Crippen molar-refractivity contribution in [3.05, 3.63) is 35.7 Å². The SMILES string of the molecule is C=C1CCC[C@H]2[C@](C)(Cc3cc(O)cc4nc(C)oc34)[C@@H](C)CC[C@]12C. The molecule has 3 nitrogen and oxygen atoms in total. The highest BCUT2D eigenvalue weighted by molar-refractivity contribution is 5.78. The summed E-state index contributed by atoms with van der Waals surface area (Å²) >= 11 is 0. The molecule has 4 rings (SSSR count). The van der Waals surface area contributed by atoms with E-state index >= 15 is 0 Å². The summed E-state index contributed by atoms with van der Waals surface area (Å²) in [4.78, 5) is 4.44. The van der Waals surface area contributed by atoms with E-state index in [9.17, 15) is 5.11 Å². The number of rotatable bonds is 2. The topological polar surface area (TPSA) is 46.3 Å². The number of allylic oxidation sites excluding steroid dienone is 1. The number of aryl methyl sites for hydroxylation is 1. The van der Waals surface area contributed by atoms with Gasteiger partial charge in [0, 0.05) is 18.6 Å². The lowest BCUT2D eigenvalue weighted by atomic mass is 9.46. The number of fused-ring (bicyclic) bond motifs is 2. The summed E-state index contributed by atoms with van der Waals surface area (Å²) in [6.07, 6.45) is 7.10. The first-order valence-electron chi connectivity index (χ1n) is 10.0. The summed E-state index contributed by atoms with van der Waals surface area (Å²) in [6, 6.07) is 3.59. The Bertz CT molecular complexity index is 866. The molecule has 2 saturated carbocycles. The molecule has 0 unspecified atom stereocenters. The van der Waals surface area contributed by atoms with Gasteiger partial charge in [0.15, 0.2) is 11.5 Å². The van der Waals surface area contributed by atoms with Crippen LogP contribution < -0.4 is 0 Å². The monoisotopic (exact) mass is 353 g/mol. The highest BCUT2D eigenvalue weighted by Gasteiger charge is 2.54. The molecular formula is C23H31NO2. The Hall–Kier alpha value is -1.77. The van der Waals surface area contributed by atoms with E-state index in [2.05, 4.69) is 32.3 Å². The molecule has 1 heterocycles. The largest absolute Gasteiger partial charge is 0.508 e. The van der Waals surface area contributed by atoms with Crippen molar-refractivity contribution in [1.29, 1.82) is 0 Å². The number of phenols is 1. The third-order valence-electron chi connectivity index (χ3n) is 7.80. The van der Waals surface area contributed by atoms with Crippen LogP contribution in [0.1, 0.15) is 64.3 Å². The van der Waals surface area contributed by atoms with Crippen LogP contribution in [0.5, 0.6) is 5.75 Å². The molecule has 140 valence electrons. The van der Waals surface area contributed by atoms with Crippen LogP contribution in [0.25, 0.3) is 11.1 Å². The minimum Gasteiger partial charge on any atom is -0.508 e. The van der Waals surface area contributed by atoms with E-state index in [0.717, 1.165) is 23.1 Å². The standard InChI is InChI=1S/C23H31NO2/c1-14-7-6-8-20-22(14,4)10-9-15(2)23(20,5)13-17-11-18(25)12-19-21(17)26-16(3)24-19/h11-12,15,20,25H,1,6-10,13H2,2-5H3/t15-,20+,22+,23+/m0/s1. The summed E-state index contributed by atoms with van der Waals surface area (Å²) in [5, 5.41) is 10.2. The van der Waals surface area contributed by atoms with Gasteiger partial charge in [0.1, 0.15) is 11.3 Å². The van der Waals surface area contributed by atoms with E-state index < -0.39 is 0 Å². The van der Waals surface area contributed by atoms with Gasteiger partial charge in [-0.2, -0.15) is 0 Å². The van der Waals surface area contributed by atoms with Gasteiger partial charge in [-0.3, -0.25) is 0 Å². The van der Waals surface area contributed by atoms with Crippen molar-refractivity contribution in [1.82, 2.24) is 4.98 Å². The number of benzene rings is 1. The van der Waals surface area contributed by atoms with Crippen molar-refractivity contribution < 1.29 is 9.52 Å². The van der Waals surface area contributed by atoms with Crippen LogP contribution in [0.15, 0.2) is 28.7 Å². The van der Waals surface area contributed by atoms with Gasteiger partial charge < -0.3 is 9.52 Å². The van der Waals surface area contributed by atoms with E-state index in [4.69, 9.17) is 4.42 Å². The van der Waals surface area contributed by atoms with Crippen molar-refractivity contribution in [2.75, 3.05) is 0 Å². The second-order valence-electron chi connectivity index (χ2n) is 9.27. The molecular weight excluding hydrogens is 322 g/mol. The number of hydrogen-bond acceptors (Lipinski definition) is 3. The van der Waals surface area contributed by atoms with E-state index in [0.29, 0.717) is 17.7 Å². The molecule has 0 amide bonds. The predicted molar refractivity (Wildman–Crippen MR) is 105 cm³/mol. The molecule has 3 heteroatoms. The average molecular weight is 354 g/mol. The van der Waals surface area contributed by atoms with Crippen LogP contribution >= 0.6 is 0 Å². The van der Waals surface area contributed by atoms with Crippen LogP contribution in [0.2, 0.25) is 0 Å². The Balaban J connectivity index is 1.79. The maximum Gasteiger partial charge on any atom is 0.192 e. The molecule has 1 aromatic heterocycles. The number of aromatic nitrogens is 1. The average Bonchev–Trinajstić information content (AvgIpc) is 2.94. The van der Waals surface area contributed by atoms with Gasteiger partial charge in [0.05, 0.1) is 0 Å². The molecule has 26 heavy (non-hydrogen) atoms. The number of hydrogen-bond donors (Lipinski definition) is 1. The molecule has 2 fully saturated rings. The summed E-state index contributed by atoms with van der Waals surface area (Å²) in [5.41, 5.74) is 4.56. The molecule has 0 spiro atoms. The Morgan fingerprint density at radius 1 is 1.31 bits per heavy atom. The first-order valence-corrected chi connectivity index (χ1v) is 10.0. The Morgan fingerprint density at radius 2 is 2.08 bits per heavy atom. The number of oxazole rings is 1. The van der Waals surface area contributed by atoms with Crippen LogP contribution in [-0.2, 0) is 6.42 Å². The number of nitrogens with zero attached hydrogens (tertiary/aromatic N) is 1. The third-order valence-corrected chi connectivity index (χ3v) is 7.80. The Kier molecular flexibility index (Phi) is 3.98. The van der Waals surface area contributed by atoms with E-state index in [1.807, 2.05) is 13.0 Å². The minimum atomic E-state index is 0.164. The lowest BCUT2D eigenvalue weighted by Gasteiger charge is -2.58. The zero-order chi connectivity index (χ0) is 18.7. The van der Waals surface area contributed by atoms with Crippen molar-refractivity contribution in [2.24, 2.45) is 22.7 Å². The summed E-state index contributed by atoms with van der Waals surface area (Å²) < 4.78 is 5.92. The highest BCUT2D eigenvalue weighted by Crippen LogP contribution is 2.62. The fourth-order valence-corrected chi connectivity index (χ4v) is 6.00. The van der Waals surface area contributed by atoms with Crippen molar-refractivity contribution >= 4 is 11.1 Å². The predicted octanol–water partition coefficient (Wildman–Crippen LogP) is 6.18. The van der Waals surface area contributed by atoms with Gasteiger partial charge in [0.2, 0.25) is 0 Å². The molecule has 0 aliphatic heterocycles. The molecule has 0 radical (unpaired) electrons. The summed E-state index contributed by atoms with van der Waals surface area (Å²) in [7, 11) is 0. The van der Waals surface area contributed by atoms with Crippen molar-refractivity contribution in [3.8, 4) is 5.75 Å². The maximum atomic E-state index is 10.2. The van der Waals surface area contributed by atoms with E-state index in [1.165, 1.54) is 37.7 Å². The van der Waals surface area contributed by atoms with Gasteiger partial charge >= 0.3 is 0 Å². The number of aromatic hydroxyl groups is 1. The number of phenolic OH excluding ortho intramolecular Hbond substituents is 1. The van der Waals surface area contributed by atoms with E-state index in [1.54, 1.807) is 6.07 Å². The second-order valence-corrected chi connectivity index (χ2v) is 9.27. The summed E-state index contributed by atoms with van der Waals surface area (Å²) in [5.74, 6) is 2.20. The fraction of sp³-hybridized carbons (Fsp3) is 0.609. The molecule has 2 aliphatic rings. The van der Waals surface area contributed by atoms with Gasteiger partial charge in [-0.25, -0.2) is 4.98 Å². The van der Waals surface area contributed by atoms with Gasteiger partial charge in [-0.05, 0) is 67.3 Å². The zero-order valence-corrected chi connectivity index (χ0v) is 16.6. The first kappa shape index (κ1) is 17.6. The van der Waals surface area contributed by atoms with Gasteiger partial charge in [-0.15, -0.1) is 0 Å². The van der Waals surface area contributed by atoms with E-state index in [-0.39, 0.29) is 16.6 Å². The smallest absolute Gasteiger partial charge is 0.192 e. The van der Waals surface area contributed by atoms with Gasteiger partial charge in [-0.1, -0.05) is 32.9 Å². The molecule has 2 aromatic rings. The molecule has 2 aliphatic carbocycles. The second kappa shape index (κ2) is 5.87. The fourth-order valence-electron chi connectivity index (χ4n) is 6.00. The van der Waals surface area contributed by atoms with Crippen LogP contribution in [0.4, 0.5) is 0 Å². The van der Waals surface area contributed by atoms with Crippen molar-refractivity contribution in [3.63, 3.8) is 0 Å². The third kappa shape index (κ3) is 2.51. The molecule has 4 atom stereocenters. The van der Waals surface area contributed by atoms with Crippen LogP contribution in [0, 0.1) is 29.6 Å². The Morgan fingerprint density at radius 3 is 2.85 bits per heavy atom. The Labute approximate surface area is 156 Å². The van der Waals surface area contributed by atoms with Gasteiger partial charge in [0.25, 0.3) is 0 Å². The molecule has 1 aromatic carbocycles. The quantitative estimate of drug-likeness (QED) is 0.655. The minimum absolute atomic E-state index is 0.164. The molecule has 0 bridgehead atoms. The lowest BCUT2D eigenvalue weighted by Crippen LogP contribution is -2.51. The maximum absolute atomic E-state index is 10.2. The van der Waals surface area contributed by atoms with Crippen molar-refractivity contribution in [2.45, 2.75) is 66.2 Å². The highest BCUT2D eigenvalue weighted by atomic mass is 16.3. The first-order chi connectivity index (χ1) is 12.2. The lowest BCUT2D eigenvalue weighted by molar-refractivity contribution is -0.0487. The van der Waals surface area contributed by atoms with Crippen LogP contribution in [-0.4, -0.2) is 10.1 Å².